The number of carboxylic acids is 1. The second kappa shape index (κ2) is 9.79. The molecule has 0 amide bonds. The van der Waals surface area contributed by atoms with Crippen molar-refractivity contribution in [1.29, 1.82) is 0 Å². The van der Waals surface area contributed by atoms with Gasteiger partial charge in [0.2, 0.25) is 0 Å². The van der Waals surface area contributed by atoms with Crippen molar-refractivity contribution >= 4 is 17.0 Å². The Labute approximate surface area is 209 Å². The van der Waals surface area contributed by atoms with E-state index in [1.807, 2.05) is 13.0 Å². The van der Waals surface area contributed by atoms with Crippen molar-refractivity contribution in [2.45, 2.75) is 78.6 Å². The first kappa shape index (κ1) is 26.0. The van der Waals surface area contributed by atoms with Gasteiger partial charge in [-0.25, -0.2) is 4.98 Å². The highest BCUT2D eigenvalue weighted by atomic mass is 19.4. The van der Waals surface area contributed by atoms with Crippen LogP contribution in [0.25, 0.3) is 11.0 Å². The Morgan fingerprint density at radius 2 is 1.89 bits per heavy atom. The predicted octanol–water partition coefficient (Wildman–Crippen LogP) is 7.24. The van der Waals surface area contributed by atoms with Gasteiger partial charge in [0.05, 0.1) is 11.0 Å². The molecule has 0 bridgehead atoms. The summed E-state index contributed by atoms with van der Waals surface area (Å²) in [5.41, 5.74) is 4.87. The molecule has 194 valence electrons. The van der Waals surface area contributed by atoms with Crippen LogP contribution in [0.1, 0.15) is 75.0 Å². The van der Waals surface area contributed by atoms with Gasteiger partial charge in [0, 0.05) is 18.9 Å². The minimum Gasteiger partial charge on any atom is -0.481 e. The van der Waals surface area contributed by atoms with Crippen molar-refractivity contribution in [3.8, 4) is 5.75 Å². The lowest BCUT2D eigenvalue weighted by molar-refractivity contribution is -0.274. The van der Waals surface area contributed by atoms with Crippen LogP contribution in [-0.2, 0) is 17.6 Å². The largest absolute Gasteiger partial charge is 0.573 e. The molecule has 8 heteroatoms. The lowest BCUT2D eigenvalue weighted by Gasteiger charge is -2.40. The van der Waals surface area contributed by atoms with Crippen LogP contribution in [0.4, 0.5) is 13.2 Å². The summed E-state index contributed by atoms with van der Waals surface area (Å²) in [6, 6.07) is 10.3. The van der Waals surface area contributed by atoms with E-state index >= 15 is 0 Å². The van der Waals surface area contributed by atoms with E-state index in [2.05, 4.69) is 36.1 Å². The predicted molar refractivity (Wildman–Crippen MR) is 132 cm³/mol. The fourth-order valence-corrected chi connectivity index (χ4v) is 5.87. The third-order valence-electron chi connectivity index (χ3n) is 7.08. The van der Waals surface area contributed by atoms with E-state index in [1.165, 1.54) is 12.1 Å². The topological polar surface area (TPSA) is 64.3 Å². The summed E-state index contributed by atoms with van der Waals surface area (Å²) in [7, 11) is 0. The highest BCUT2D eigenvalue weighted by Gasteiger charge is 2.35. The second-order valence-electron chi connectivity index (χ2n) is 11.0. The Balaban J connectivity index is 1.74. The molecule has 1 aromatic heterocycles. The summed E-state index contributed by atoms with van der Waals surface area (Å²) in [5, 5.41) is 9.13. The summed E-state index contributed by atoms with van der Waals surface area (Å²) < 4.78 is 44.0. The first-order valence-electron chi connectivity index (χ1n) is 12.4. The summed E-state index contributed by atoms with van der Waals surface area (Å²) in [6.07, 6.45) is -0.571. The van der Waals surface area contributed by atoms with Gasteiger partial charge in [0.1, 0.15) is 11.6 Å². The Hall–Kier alpha value is -3.03. The molecule has 0 radical (unpaired) electrons. The highest BCUT2D eigenvalue weighted by Crippen LogP contribution is 2.45. The number of carboxylic acid groups (broad SMARTS) is 1. The third kappa shape index (κ3) is 6.20. The fourth-order valence-electron chi connectivity index (χ4n) is 5.87. The molecule has 2 aromatic carbocycles. The quantitative estimate of drug-likeness (QED) is 0.370. The molecule has 0 saturated heterocycles. The number of hydrogen-bond acceptors (Lipinski definition) is 3. The fraction of sp³-hybridized carbons (Fsp3) is 0.500. The molecule has 1 saturated carbocycles. The molecule has 36 heavy (non-hydrogen) atoms. The van der Waals surface area contributed by atoms with E-state index in [1.54, 1.807) is 12.1 Å². The maximum atomic E-state index is 12.6. The molecule has 0 aliphatic heterocycles. The minimum atomic E-state index is -4.73. The molecule has 1 fully saturated rings. The van der Waals surface area contributed by atoms with Crippen molar-refractivity contribution in [3.05, 3.63) is 58.9 Å². The third-order valence-corrected chi connectivity index (χ3v) is 7.08. The minimum absolute atomic E-state index is 0.0561. The second-order valence-corrected chi connectivity index (χ2v) is 11.0. The average Bonchev–Trinajstić information content (AvgIpc) is 3.07. The standard InChI is InChI=1S/C28H33F3N2O3/c1-17-11-21(16-27(3,4)15-17)33-24-12-18(2)20(7-10-26(34)35)14-23(24)32-25(33)13-19-5-8-22(9-6-19)36-28(29,30)31/h5-6,8-9,12,14,17,21H,7,10-11,13,15-16H2,1-4H3,(H,34,35). The Morgan fingerprint density at radius 3 is 2.50 bits per heavy atom. The molecule has 2 unspecified atom stereocenters. The first-order valence-corrected chi connectivity index (χ1v) is 12.4. The zero-order valence-corrected chi connectivity index (χ0v) is 21.2. The lowest BCUT2D eigenvalue weighted by atomic mass is 9.70. The van der Waals surface area contributed by atoms with E-state index in [9.17, 15) is 18.0 Å². The van der Waals surface area contributed by atoms with Crippen molar-refractivity contribution in [3.63, 3.8) is 0 Å². The van der Waals surface area contributed by atoms with Gasteiger partial charge in [-0.1, -0.05) is 32.9 Å². The molecular weight excluding hydrogens is 469 g/mol. The van der Waals surface area contributed by atoms with Crippen molar-refractivity contribution in [2.24, 2.45) is 11.3 Å². The SMILES string of the molecule is Cc1cc2c(cc1CCC(=O)O)nc(Cc1ccc(OC(F)(F)F)cc1)n2C1CC(C)CC(C)(C)C1. The number of halogens is 3. The summed E-state index contributed by atoms with van der Waals surface area (Å²) in [4.78, 5) is 16.1. The van der Waals surface area contributed by atoms with Crippen LogP contribution in [0.15, 0.2) is 36.4 Å². The number of benzene rings is 2. The van der Waals surface area contributed by atoms with E-state index in [-0.39, 0.29) is 23.6 Å². The zero-order valence-electron chi connectivity index (χ0n) is 21.2. The Bertz CT molecular complexity index is 1250. The van der Waals surface area contributed by atoms with Crippen LogP contribution >= 0.6 is 0 Å². The van der Waals surface area contributed by atoms with Crippen molar-refractivity contribution in [2.75, 3.05) is 0 Å². The molecular formula is C28H33F3N2O3. The summed E-state index contributed by atoms with van der Waals surface area (Å²) >= 11 is 0. The number of aliphatic carboxylic acids is 1. The van der Waals surface area contributed by atoms with E-state index in [0.29, 0.717) is 18.8 Å². The summed E-state index contributed by atoms with van der Waals surface area (Å²) in [6.45, 7) is 8.87. The van der Waals surface area contributed by atoms with Crippen LogP contribution in [0.2, 0.25) is 0 Å². The van der Waals surface area contributed by atoms with E-state index in [4.69, 9.17) is 10.1 Å². The number of imidazole rings is 1. The smallest absolute Gasteiger partial charge is 0.481 e. The molecule has 1 aliphatic rings. The molecule has 2 atom stereocenters. The number of aromatic nitrogens is 2. The van der Waals surface area contributed by atoms with Gasteiger partial charge < -0.3 is 14.4 Å². The van der Waals surface area contributed by atoms with Crippen LogP contribution in [0.5, 0.6) is 5.75 Å². The van der Waals surface area contributed by atoms with Gasteiger partial charge >= 0.3 is 12.3 Å². The number of fused-ring (bicyclic) bond motifs is 1. The number of hydrogen-bond donors (Lipinski definition) is 1. The molecule has 3 aromatic rings. The van der Waals surface area contributed by atoms with Gasteiger partial charge in [-0.05, 0) is 84.9 Å². The Morgan fingerprint density at radius 1 is 1.19 bits per heavy atom. The number of rotatable bonds is 7. The van der Waals surface area contributed by atoms with Crippen molar-refractivity contribution < 1.29 is 27.8 Å². The first-order chi connectivity index (χ1) is 16.8. The lowest BCUT2D eigenvalue weighted by Crippen LogP contribution is -2.30. The average molecular weight is 503 g/mol. The molecule has 0 spiro atoms. The van der Waals surface area contributed by atoms with E-state index < -0.39 is 12.3 Å². The molecule has 1 heterocycles. The normalized spacial score (nSPS) is 20.0. The number of ether oxygens (including phenoxy) is 1. The van der Waals surface area contributed by atoms with Gasteiger partial charge in [0.25, 0.3) is 0 Å². The van der Waals surface area contributed by atoms with Crippen LogP contribution in [0.3, 0.4) is 0 Å². The Kier molecular flexibility index (Phi) is 7.08. The number of aryl methyl sites for hydroxylation is 2. The van der Waals surface area contributed by atoms with Crippen LogP contribution in [-0.4, -0.2) is 27.0 Å². The van der Waals surface area contributed by atoms with Gasteiger partial charge in [-0.2, -0.15) is 0 Å². The molecule has 5 nitrogen and oxygen atoms in total. The number of alkyl halides is 3. The zero-order chi connectivity index (χ0) is 26.3. The molecule has 1 aliphatic carbocycles. The monoisotopic (exact) mass is 502 g/mol. The van der Waals surface area contributed by atoms with Gasteiger partial charge in [0.15, 0.2) is 0 Å². The van der Waals surface area contributed by atoms with Crippen LogP contribution < -0.4 is 4.74 Å². The molecule has 1 N–H and O–H groups in total. The van der Waals surface area contributed by atoms with Gasteiger partial charge in [-0.15, -0.1) is 13.2 Å². The van der Waals surface area contributed by atoms with E-state index in [0.717, 1.165) is 52.8 Å². The maximum Gasteiger partial charge on any atom is 0.573 e. The maximum absolute atomic E-state index is 12.6. The number of carbonyl (C=O) groups is 1. The van der Waals surface area contributed by atoms with Crippen LogP contribution in [0, 0.1) is 18.3 Å². The van der Waals surface area contributed by atoms with Gasteiger partial charge in [-0.3, -0.25) is 4.79 Å². The van der Waals surface area contributed by atoms with Crippen molar-refractivity contribution in [1.82, 2.24) is 9.55 Å². The highest BCUT2D eigenvalue weighted by molar-refractivity contribution is 5.79. The summed E-state index contributed by atoms with van der Waals surface area (Å²) in [5.74, 6) is 0.330. The number of nitrogens with zero attached hydrogens (tertiary/aromatic N) is 2. The molecule has 4 rings (SSSR count).